The maximum absolute atomic E-state index is 14.4. The Hall–Kier alpha value is -2.51. The number of nitrogens with one attached hydrogen (secondary N) is 1. The summed E-state index contributed by atoms with van der Waals surface area (Å²) in [5.74, 6) is -1.35. The van der Waals surface area contributed by atoms with Crippen molar-refractivity contribution >= 4 is 17.7 Å². The zero-order valence-corrected chi connectivity index (χ0v) is 22.2. The fourth-order valence-corrected chi connectivity index (χ4v) is 8.01. The quantitative estimate of drug-likeness (QED) is 0.383. The van der Waals surface area contributed by atoms with Crippen molar-refractivity contribution in [2.24, 2.45) is 35.0 Å². The van der Waals surface area contributed by atoms with E-state index in [2.05, 4.69) is 37.4 Å². The molecule has 7 nitrogen and oxygen atoms in total. The van der Waals surface area contributed by atoms with Gasteiger partial charge >= 0.3 is 5.97 Å². The van der Waals surface area contributed by atoms with Gasteiger partial charge < -0.3 is 19.5 Å². The molecular formula is C30H37NO6. The number of carbonyl (C=O) groups is 3. The maximum atomic E-state index is 14.4. The first kappa shape index (κ1) is 24.8. The van der Waals surface area contributed by atoms with Gasteiger partial charge in [0.25, 0.3) is 0 Å². The Labute approximate surface area is 218 Å². The highest BCUT2D eigenvalue weighted by molar-refractivity contribution is 5.89. The molecule has 5 aliphatic rings. The maximum Gasteiger partial charge on any atom is 0.303 e. The molecule has 0 bridgehead atoms. The molecule has 1 aromatic carbocycles. The Morgan fingerprint density at radius 1 is 1.14 bits per heavy atom. The summed E-state index contributed by atoms with van der Waals surface area (Å²) in [6, 6.07) is 10.0. The van der Waals surface area contributed by atoms with Crippen LogP contribution in [0, 0.1) is 35.0 Å². The van der Waals surface area contributed by atoms with Gasteiger partial charge in [0, 0.05) is 36.6 Å². The van der Waals surface area contributed by atoms with E-state index in [1.54, 1.807) is 0 Å². The third-order valence-corrected chi connectivity index (χ3v) is 10.1. The Bertz CT molecular complexity index is 1150. The molecule has 1 N–H and O–H groups in total. The number of rotatable bonds is 3. The van der Waals surface area contributed by atoms with E-state index >= 15 is 0 Å². The van der Waals surface area contributed by atoms with E-state index in [-0.39, 0.29) is 65.1 Å². The van der Waals surface area contributed by atoms with Gasteiger partial charge in [0.15, 0.2) is 0 Å². The molecule has 2 unspecified atom stereocenters. The number of carbonyl (C=O) groups excluding carboxylic acids is 3. The highest BCUT2D eigenvalue weighted by Gasteiger charge is 2.80. The fourth-order valence-electron chi connectivity index (χ4n) is 8.01. The van der Waals surface area contributed by atoms with Crippen LogP contribution in [0.15, 0.2) is 42.5 Å². The minimum atomic E-state index is -1.06. The van der Waals surface area contributed by atoms with E-state index in [0.717, 1.165) is 5.56 Å². The summed E-state index contributed by atoms with van der Waals surface area (Å²) in [6.45, 7) is 9.52. The number of epoxide rings is 2. The number of hydrogen-bond acceptors (Lipinski definition) is 6. The van der Waals surface area contributed by atoms with Crippen molar-refractivity contribution in [1.29, 1.82) is 0 Å². The summed E-state index contributed by atoms with van der Waals surface area (Å²) >= 11 is 0. The number of benzene rings is 1. The van der Waals surface area contributed by atoms with E-state index in [9.17, 15) is 14.4 Å². The van der Waals surface area contributed by atoms with Gasteiger partial charge in [-0.3, -0.25) is 14.4 Å². The number of hydrogen-bond donors (Lipinski definition) is 1. The van der Waals surface area contributed by atoms with Crippen LogP contribution >= 0.6 is 0 Å². The van der Waals surface area contributed by atoms with Gasteiger partial charge in [0.05, 0.1) is 17.8 Å². The first-order valence-corrected chi connectivity index (χ1v) is 13.7. The minimum absolute atomic E-state index is 0.0353. The molecule has 1 saturated carbocycles. The third-order valence-electron chi connectivity index (χ3n) is 10.1. The largest absolute Gasteiger partial charge is 0.458 e. The predicted octanol–water partition coefficient (Wildman–Crippen LogP) is 3.25. The number of Topliss-reactive ketones (excluding diaryl/α,β-unsaturated/α-hetero) is 1. The van der Waals surface area contributed by atoms with Gasteiger partial charge in [-0.1, -0.05) is 63.3 Å². The molecular weight excluding hydrogens is 470 g/mol. The second-order valence-corrected chi connectivity index (χ2v) is 12.1. The lowest BCUT2D eigenvalue weighted by Gasteiger charge is -2.49. The van der Waals surface area contributed by atoms with Gasteiger partial charge in [0.1, 0.15) is 23.4 Å². The molecule has 37 heavy (non-hydrogen) atoms. The molecule has 3 saturated heterocycles. The van der Waals surface area contributed by atoms with Crippen LogP contribution < -0.4 is 5.32 Å². The van der Waals surface area contributed by atoms with Crippen molar-refractivity contribution in [1.82, 2.24) is 5.32 Å². The average molecular weight is 508 g/mol. The average Bonchev–Trinajstić information content (AvgIpc) is 3.76. The van der Waals surface area contributed by atoms with E-state index < -0.39 is 23.6 Å². The van der Waals surface area contributed by atoms with Gasteiger partial charge in [0.2, 0.25) is 5.91 Å². The Balaban J connectivity index is 1.51. The minimum Gasteiger partial charge on any atom is -0.458 e. The van der Waals surface area contributed by atoms with E-state index in [4.69, 9.17) is 14.2 Å². The number of esters is 1. The lowest BCUT2D eigenvalue weighted by Crippen LogP contribution is -2.62. The van der Waals surface area contributed by atoms with E-state index in [0.29, 0.717) is 12.8 Å². The van der Waals surface area contributed by atoms with Crippen molar-refractivity contribution < 1.29 is 28.6 Å². The van der Waals surface area contributed by atoms with Crippen molar-refractivity contribution in [3.8, 4) is 0 Å². The van der Waals surface area contributed by atoms with Crippen LogP contribution in [-0.2, 0) is 35.0 Å². The highest BCUT2D eigenvalue weighted by atomic mass is 16.6. The van der Waals surface area contributed by atoms with Crippen LogP contribution in [0.5, 0.6) is 0 Å². The number of allylic oxidation sites excluding steroid dienone is 1. The number of amides is 1. The van der Waals surface area contributed by atoms with Crippen molar-refractivity contribution in [3.63, 3.8) is 0 Å². The summed E-state index contributed by atoms with van der Waals surface area (Å²) in [4.78, 5) is 40.1. The highest BCUT2D eigenvalue weighted by Crippen LogP contribution is 2.68. The van der Waals surface area contributed by atoms with Crippen molar-refractivity contribution in [2.75, 3.05) is 0 Å². The molecule has 0 radical (unpaired) electrons. The molecule has 1 spiro atoms. The molecule has 1 amide bonds. The SMILES string of the molecule is CC(=O)O[C@@H]1[C@@H]2OC2[C@H](C)C(=O)[C@@H](C)CC=C[C@H]2[C@@H]3O[C@]3(C)C(C)[C@@H]3[C@H](Cc4ccccc4)NC(=O)[C@]132. The molecule has 3 heterocycles. The molecule has 0 aromatic heterocycles. The van der Waals surface area contributed by atoms with Crippen LogP contribution in [0.4, 0.5) is 0 Å². The molecule has 198 valence electrons. The molecule has 12 atom stereocenters. The Morgan fingerprint density at radius 3 is 2.57 bits per heavy atom. The molecule has 7 heteroatoms. The summed E-state index contributed by atoms with van der Waals surface area (Å²) in [6.07, 6.45) is 3.51. The Kier molecular flexibility index (Phi) is 5.70. The van der Waals surface area contributed by atoms with Crippen LogP contribution in [-0.4, -0.2) is 53.7 Å². The normalized spacial score (nSPS) is 47.9. The predicted molar refractivity (Wildman–Crippen MR) is 135 cm³/mol. The van der Waals surface area contributed by atoms with Gasteiger partial charge in [-0.05, 0) is 31.2 Å². The molecule has 2 aliphatic carbocycles. The summed E-state index contributed by atoms with van der Waals surface area (Å²) in [7, 11) is 0. The standard InChI is InChI=1S/C30H37NO6/c1-15-10-9-13-20-26-29(5,37-26)17(3)22-21(14-19-11-7-6-8-12-19)31-28(34)30(20,22)27(35-18(4)32)25-24(36-25)16(2)23(15)33/h6-9,11-13,15-17,20-22,24-27H,10,14H2,1-5H3,(H,31,34)/t15-,16+,17?,20-,21-,22+,24?,25+,26-,27+,29+,30-/m0/s1. The number of ketones is 1. The second-order valence-electron chi connectivity index (χ2n) is 12.1. The van der Waals surface area contributed by atoms with Gasteiger partial charge in [-0.2, -0.15) is 0 Å². The second kappa shape index (κ2) is 8.50. The molecule has 1 aromatic rings. The van der Waals surface area contributed by atoms with Crippen LogP contribution in [0.2, 0.25) is 0 Å². The third kappa shape index (κ3) is 3.57. The molecule has 6 rings (SSSR count). The zero-order valence-electron chi connectivity index (χ0n) is 22.2. The molecule has 4 fully saturated rings. The van der Waals surface area contributed by atoms with Crippen LogP contribution in [0.3, 0.4) is 0 Å². The lowest BCUT2D eigenvalue weighted by molar-refractivity contribution is -0.171. The van der Waals surface area contributed by atoms with Crippen LogP contribution in [0.1, 0.15) is 46.6 Å². The molecule has 3 aliphatic heterocycles. The summed E-state index contributed by atoms with van der Waals surface area (Å²) in [5, 5.41) is 3.35. The monoisotopic (exact) mass is 507 g/mol. The van der Waals surface area contributed by atoms with Gasteiger partial charge in [-0.15, -0.1) is 0 Å². The van der Waals surface area contributed by atoms with E-state index in [1.165, 1.54) is 6.92 Å². The fraction of sp³-hybridized carbons (Fsp3) is 0.633. The summed E-state index contributed by atoms with van der Waals surface area (Å²) < 4.78 is 18.7. The van der Waals surface area contributed by atoms with Crippen molar-refractivity contribution in [3.05, 3.63) is 48.0 Å². The first-order chi connectivity index (χ1) is 17.6. The topological polar surface area (TPSA) is 97.5 Å². The zero-order chi connectivity index (χ0) is 26.3. The number of ether oxygens (including phenoxy) is 3. The van der Waals surface area contributed by atoms with Crippen molar-refractivity contribution in [2.45, 2.75) is 83.5 Å². The smallest absolute Gasteiger partial charge is 0.303 e. The summed E-state index contributed by atoms with van der Waals surface area (Å²) in [5.41, 5.74) is -0.288. The Morgan fingerprint density at radius 2 is 1.86 bits per heavy atom. The van der Waals surface area contributed by atoms with Gasteiger partial charge in [-0.25, -0.2) is 0 Å². The number of fused-ring (bicyclic) bond motifs is 3. The van der Waals surface area contributed by atoms with E-state index in [1.807, 2.05) is 38.1 Å². The first-order valence-electron chi connectivity index (χ1n) is 13.7. The van der Waals surface area contributed by atoms with Crippen LogP contribution in [0.25, 0.3) is 0 Å². The lowest BCUT2D eigenvalue weighted by atomic mass is 9.50.